The molecule has 130 valence electrons. The van der Waals surface area contributed by atoms with Crippen molar-refractivity contribution >= 4 is 33.9 Å². The van der Waals surface area contributed by atoms with Gasteiger partial charge in [0, 0.05) is 23.7 Å². The smallest absolute Gasteiger partial charge is 0.267 e. The Bertz CT molecular complexity index is 1080. The van der Waals surface area contributed by atoms with Crippen LogP contribution in [0.4, 0.5) is 0 Å². The molecule has 1 aromatic heterocycles. The van der Waals surface area contributed by atoms with E-state index in [2.05, 4.69) is 28.5 Å². The first-order chi connectivity index (χ1) is 12.6. The summed E-state index contributed by atoms with van der Waals surface area (Å²) in [4.78, 5) is 26.5. The Kier molecular flexibility index (Phi) is 4.35. The Labute approximate surface area is 155 Å². The first-order valence-corrected chi connectivity index (χ1v) is 8.88. The maximum absolute atomic E-state index is 12.0. The Morgan fingerprint density at radius 3 is 2.62 bits per heavy atom. The molecule has 0 bridgehead atoms. The van der Waals surface area contributed by atoms with Gasteiger partial charge in [0.25, 0.3) is 5.56 Å². The number of pyridine rings is 1. The lowest BCUT2D eigenvalue weighted by Gasteiger charge is -2.14. The number of carbonyl (C=O) groups excluding carboxylic acids is 1. The summed E-state index contributed by atoms with van der Waals surface area (Å²) in [5.74, 6) is 0.0492. The Balaban J connectivity index is 1.92. The summed E-state index contributed by atoms with van der Waals surface area (Å²) in [6, 6.07) is 17.5. The number of nitrogens with one attached hydrogen (secondary N) is 2. The van der Waals surface area contributed by atoms with Crippen LogP contribution in [0.1, 0.15) is 24.1 Å². The predicted octanol–water partition coefficient (Wildman–Crippen LogP) is 3.89. The van der Waals surface area contributed by atoms with Crippen molar-refractivity contribution in [1.29, 1.82) is 0 Å². The van der Waals surface area contributed by atoms with Gasteiger partial charge >= 0.3 is 0 Å². The quantitative estimate of drug-likeness (QED) is 0.740. The molecule has 0 radical (unpaired) electrons. The van der Waals surface area contributed by atoms with Crippen LogP contribution in [-0.2, 0) is 4.79 Å². The predicted molar refractivity (Wildman–Crippen MR) is 104 cm³/mol. The van der Waals surface area contributed by atoms with E-state index in [1.54, 1.807) is 12.1 Å². The highest BCUT2D eigenvalue weighted by Crippen LogP contribution is 2.30. The molecule has 1 aliphatic heterocycles. The molecule has 2 heterocycles. The lowest BCUT2D eigenvalue weighted by atomic mass is 9.94. The minimum absolute atomic E-state index is 0.0492. The van der Waals surface area contributed by atoms with E-state index >= 15 is 0 Å². The van der Waals surface area contributed by atoms with Crippen LogP contribution in [0, 0.1) is 0 Å². The van der Waals surface area contributed by atoms with Gasteiger partial charge < -0.3 is 10.3 Å². The number of carbonyl (C=O) groups is 1. The second-order valence-electron chi connectivity index (χ2n) is 6.37. The molecule has 0 aliphatic carbocycles. The van der Waals surface area contributed by atoms with Gasteiger partial charge in [0.2, 0.25) is 5.91 Å². The van der Waals surface area contributed by atoms with E-state index in [0.717, 1.165) is 28.3 Å². The van der Waals surface area contributed by atoms with E-state index < -0.39 is 0 Å². The van der Waals surface area contributed by atoms with E-state index in [1.807, 2.05) is 30.3 Å². The zero-order valence-corrected chi connectivity index (χ0v) is 14.7. The van der Waals surface area contributed by atoms with Gasteiger partial charge in [-0.15, -0.1) is 0 Å². The number of benzene rings is 2. The van der Waals surface area contributed by atoms with Gasteiger partial charge in [-0.05, 0) is 34.9 Å². The number of aromatic nitrogens is 1. The van der Waals surface area contributed by atoms with Crippen LogP contribution >= 0.6 is 11.6 Å². The molecule has 3 aromatic rings. The topological polar surface area (TPSA) is 62.0 Å². The molecule has 1 saturated heterocycles. The third-order valence-corrected chi connectivity index (χ3v) is 4.93. The van der Waals surface area contributed by atoms with Gasteiger partial charge in [0.15, 0.2) is 0 Å². The van der Waals surface area contributed by atoms with E-state index in [9.17, 15) is 9.59 Å². The van der Waals surface area contributed by atoms with Crippen molar-refractivity contribution in [3.63, 3.8) is 0 Å². The number of hydrogen-bond donors (Lipinski definition) is 2. The van der Waals surface area contributed by atoms with Gasteiger partial charge in [-0.3, -0.25) is 9.59 Å². The molecule has 0 spiro atoms. The summed E-state index contributed by atoms with van der Waals surface area (Å²) >= 11 is 5.90. The molecule has 26 heavy (non-hydrogen) atoms. The van der Waals surface area contributed by atoms with E-state index in [4.69, 9.17) is 11.6 Å². The average molecular weight is 365 g/mol. The largest absolute Gasteiger partial charge is 0.350 e. The van der Waals surface area contributed by atoms with E-state index in [1.165, 1.54) is 0 Å². The highest BCUT2D eigenvalue weighted by Gasteiger charge is 2.21. The summed E-state index contributed by atoms with van der Waals surface area (Å²) in [5, 5.41) is 5.32. The van der Waals surface area contributed by atoms with Crippen LogP contribution in [-0.4, -0.2) is 16.9 Å². The van der Waals surface area contributed by atoms with Crippen LogP contribution in [0.3, 0.4) is 0 Å². The lowest BCUT2D eigenvalue weighted by molar-refractivity contribution is -0.119. The molecule has 1 fully saturated rings. The Morgan fingerprint density at radius 2 is 1.85 bits per heavy atom. The summed E-state index contributed by atoms with van der Waals surface area (Å²) in [6.45, 7) is 0. The van der Waals surface area contributed by atoms with Crippen molar-refractivity contribution in [2.24, 2.45) is 0 Å². The third kappa shape index (κ3) is 3.16. The Morgan fingerprint density at radius 1 is 1.04 bits per heavy atom. The molecule has 4 nitrogen and oxygen atoms in total. The molecule has 2 N–H and O–H groups in total. The third-order valence-electron chi connectivity index (χ3n) is 4.63. The molecule has 1 atom stereocenters. The maximum atomic E-state index is 12.0. The van der Waals surface area contributed by atoms with Crippen LogP contribution in [0.5, 0.6) is 0 Å². The first kappa shape index (κ1) is 16.6. The van der Waals surface area contributed by atoms with Gasteiger partial charge in [-0.25, -0.2) is 0 Å². The van der Waals surface area contributed by atoms with Crippen LogP contribution < -0.4 is 10.9 Å². The molecule has 5 heteroatoms. The number of fused-ring (bicyclic) bond motifs is 1. The molecule has 4 rings (SSSR count). The molecule has 1 amide bonds. The second-order valence-corrected chi connectivity index (χ2v) is 6.78. The molecular weight excluding hydrogens is 348 g/mol. The normalized spacial score (nSPS) is 17.5. The maximum Gasteiger partial charge on any atom is 0.267 e. The van der Waals surface area contributed by atoms with Gasteiger partial charge in [-0.1, -0.05) is 60.1 Å². The highest BCUT2D eigenvalue weighted by atomic mass is 35.5. The highest BCUT2D eigenvalue weighted by molar-refractivity contribution is 6.30. The number of halogens is 1. The fraction of sp³-hybridized carbons (Fsp3) is 0.143. The van der Waals surface area contributed by atoms with Crippen LogP contribution in [0.25, 0.3) is 16.3 Å². The first-order valence-electron chi connectivity index (χ1n) is 8.50. The summed E-state index contributed by atoms with van der Waals surface area (Å²) in [6.07, 6.45) is 3.28. The molecule has 1 aliphatic rings. The number of aromatic amines is 1. The van der Waals surface area contributed by atoms with Crippen LogP contribution in [0.15, 0.2) is 65.5 Å². The summed E-state index contributed by atoms with van der Waals surface area (Å²) in [5.41, 5.74) is 2.23. The van der Waals surface area contributed by atoms with Crippen molar-refractivity contribution in [3.05, 3.63) is 87.3 Å². The number of rotatable bonds is 3. The summed E-state index contributed by atoms with van der Waals surface area (Å²) < 4.78 is 0. The minimum atomic E-state index is -0.328. The average Bonchev–Trinajstić information content (AvgIpc) is 3.07. The van der Waals surface area contributed by atoms with E-state index in [0.29, 0.717) is 12.1 Å². The van der Waals surface area contributed by atoms with Crippen LogP contribution in [0.2, 0.25) is 5.02 Å². The Hall–Kier alpha value is -2.85. The van der Waals surface area contributed by atoms with Gasteiger partial charge in [0.05, 0.1) is 0 Å². The molecule has 0 unspecified atom stereocenters. The van der Waals surface area contributed by atoms with Crippen molar-refractivity contribution < 1.29 is 4.79 Å². The standard InChI is InChI=1S/C21H17ClN2O2/c22-18-9-10-19(24-21(18)26)17(12-14-8-11-20(25)23-14)16-7-3-5-13-4-1-2-6-15(13)16/h1-7,9-10,12,14H,8,11H2,(H,23,25)(H,24,26)/b17-12+/t14-/m1/s1. The van der Waals surface area contributed by atoms with Crippen molar-refractivity contribution in [2.75, 3.05) is 0 Å². The summed E-state index contributed by atoms with van der Waals surface area (Å²) in [7, 11) is 0. The molecule has 0 saturated carbocycles. The van der Waals surface area contributed by atoms with E-state index in [-0.39, 0.29) is 22.5 Å². The van der Waals surface area contributed by atoms with Gasteiger partial charge in [-0.2, -0.15) is 0 Å². The molecule has 2 aromatic carbocycles. The number of hydrogen-bond acceptors (Lipinski definition) is 2. The van der Waals surface area contributed by atoms with Crippen molar-refractivity contribution in [3.8, 4) is 0 Å². The monoisotopic (exact) mass is 364 g/mol. The van der Waals surface area contributed by atoms with Gasteiger partial charge in [0.1, 0.15) is 5.02 Å². The van der Waals surface area contributed by atoms with Crippen molar-refractivity contribution in [2.45, 2.75) is 18.9 Å². The zero-order valence-electron chi connectivity index (χ0n) is 14.0. The number of amides is 1. The lowest BCUT2D eigenvalue weighted by Crippen LogP contribution is -2.23. The second kappa shape index (κ2) is 6.81. The fourth-order valence-electron chi connectivity index (χ4n) is 3.36. The molecular formula is C21H17ClN2O2. The minimum Gasteiger partial charge on any atom is -0.350 e. The zero-order chi connectivity index (χ0) is 18.1. The fourth-order valence-corrected chi connectivity index (χ4v) is 3.47. The SMILES string of the molecule is O=C1CC[C@H](/C=C(/c2ccc(Cl)c(=O)[nH]2)c2cccc3ccccc23)N1. The van der Waals surface area contributed by atoms with Crippen molar-refractivity contribution in [1.82, 2.24) is 10.3 Å². The number of H-pyrrole nitrogens is 1.